The van der Waals surface area contributed by atoms with E-state index in [0.29, 0.717) is 6.54 Å². The first-order chi connectivity index (χ1) is 9.86. The molecule has 100 valence electrons. The summed E-state index contributed by atoms with van der Waals surface area (Å²) in [4.78, 5) is 4.11. The van der Waals surface area contributed by atoms with Gasteiger partial charge in [-0.05, 0) is 29.0 Å². The molecule has 0 aliphatic heterocycles. The van der Waals surface area contributed by atoms with Gasteiger partial charge in [0.1, 0.15) is 11.9 Å². The van der Waals surface area contributed by atoms with E-state index in [0.717, 1.165) is 16.7 Å². The van der Waals surface area contributed by atoms with Gasteiger partial charge in [0, 0.05) is 24.5 Å². The average molecular weight is 264 g/mol. The molecule has 1 unspecified atom stereocenters. The maximum atomic E-state index is 5.99. The topological polar surface area (TPSA) is 48.1 Å². The number of nitrogens with zero attached hydrogens (tertiary/aromatic N) is 1. The maximum Gasteiger partial charge on any atom is 0.137 e. The average Bonchev–Trinajstić information content (AvgIpc) is 2.53. The molecule has 0 spiro atoms. The van der Waals surface area contributed by atoms with Gasteiger partial charge < -0.3 is 10.5 Å². The number of aromatic nitrogens is 1. The molecule has 0 saturated carbocycles. The van der Waals surface area contributed by atoms with E-state index in [9.17, 15) is 0 Å². The van der Waals surface area contributed by atoms with Crippen LogP contribution in [0, 0.1) is 0 Å². The fraction of sp³-hybridized carbons (Fsp3) is 0.118. The molecule has 1 atom stereocenters. The smallest absolute Gasteiger partial charge is 0.137 e. The Morgan fingerprint density at radius 2 is 1.85 bits per heavy atom. The van der Waals surface area contributed by atoms with E-state index in [-0.39, 0.29) is 6.10 Å². The Balaban J connectivity index is 1.87. The fourth-order valence-corrected chi connectivity index (χ4v) is 2.22. The van der Waals surface area contributed by atoms with Crippen LogP contribution in [-0.2, 0) is 0 Å². The molecule has 1 heterocycles. The lowest BCUT2D eigenvalue weighted by Gasteiger charge is -2.17. The second-order valence-electron chi connectivity index (χ2n) is 4.64. The zero-order chi connectivity index (χ0) is 13.8. The molecule has 0 saturated heterocycles. The van der Waals surface area contributed by atoms with Gasteiger partial charge in [-0.3, -0.25) is 4.98 Å². The van der Waals surface area contributed by atoms with Crippen molar-refractivity contribution < 1.29 is 4.74 Å². The molecule has 0 bridgehead atoms. The Morgan fingerprint density at radius 3 is 2.60 bits per heavy atom. The largest absolute Gasteiger partial charge is 0.484 e. The summed E-state index contributed by atoms with van der Waals surface area (Å²) in [6.07, 6.45) is 3.36. The van der Waals surface area contributed by atoms with Crippen molar-refractivity contribution in [2.75, 3.05) is 6.54 Å². The van der Waals surface area contributed by atoms with Crippen LogP contribution in [-0.4, -0.2) is 11.5 Å². The Morgan fingerprint density at radius 1 is 1.00 bits per heavy atom. The number of ether oxygens (including phenoxy) is 1. The summed E-state index contributed by atoms with van der Waals surface area (Å²) in [7, 11) is 0. The molecule has 3 aromatic rings. The van der Waals surface area contributed by atoms with Crippen LogP contribution in [0.4, 0.5) is 0 Å². The van der Waals surface area contributed by atoms with E-state index in [1.807, 2.05) is 36.4 Å². The predicted molar refractivity (Wildman–Crippen MR) is 80.6 cm³/mol. The van der Waals surface area contributed by atoms with Crippen molar-refractivity contribution >= 4 is 10.8 Å². The third-order valence-electron chi connectivity index (χ3n) is 3.27. The van der Waals surface area contributed by atoms with Crippen LogP contribution in [0.1, 0.15) is 11.7 Å². The molecule has 0 aliphatic rings. The highest BCUT2D eigenvalue weighted by Crippen LogP contribution is 2.25. The summed E-state index contributed by atoms with van der Waals surface area (Å²) >= 11 is 0. The fourth-order valence-electron chi connectivity index (χ4n) is 2.22. The van der Waals surface area contributed by atoms with Crippen molar-refractivity contribution in [1.82, 2.24) is 4.98 Å². The molecule has 2 aromatic carbocycles. The van der Waals surface area contributed by atoms with Crippen LogP contribution in [0.15, 0.2) is 67.0 Å². The van der Waals surface area contributed by atoms with Crippen molar-refractivity contribution in [3.63, 3.8) is 0 Å². The highest BCUT2D eigenvalue weighted by Gasteiger charge is 2.11. The van der Waals surface area contributed by atoms with Gasteiger partial charge in [0.2, 0.25) is 0 Å². The molecule has 0 amide bonds. The zero-order valence-electron chi connectivity index (χ0n) is 11.1. The lowest BCUT2D eigenvalue weighted by molar-refractivity contribution is 0.214. The SMILES string of the molecule is NCC(Oc1ccc2ccccc2c1)c1cccnc1. The van der Waals surface area contributed by atoms with Crippen molar-refractivity contribution in [2.24, 2.45) is 5.73 Å². The molecule has 1 aromatic heterocycles. The summed E-state index contributed by atoms with van der Waals surface area (Å²) in [5.41, 5.74) is 6.80. The predicted octanol–water partition coefficient (Wildman–Crippen LogP) is 3.31. The molecule has 3 nitrogen and oxygen atoms in total. The Labute approximate surface area is 118 Å². The minimum Gasteiger partial charge on any atom is -0.484 e. The van der Waals surface area contributed by atoms with Crippen LogP contribution in [0.5, 0.6) is 5.75 Å². The van der Waals surface area contributed by atoms with Gasteiger partial charge in [-0.2, -0.15) is 0 Å². The van der Waals surface area contributed by atoms with Crippen LogP contribution in [0.2, 0.25) is 0 Å². The van der Waals surface area contributed by atoms with Crippen molar-refractivity contribution in [1.29, 1.82) is 0 Å². The van der Waals surface area contributed by atoms with E-state index in [2.05, 4.69) is 23.2 Å². The van der Waals surface area contributed by atoms with Crippen LogP contribution >= 0.6 is 0 Å². The summed E-state index contributed by atoms with van der Waals surface area (Å²) in [6, 6.07) is 18.1. The molecule has 20 heavy (non-hydrogen) atoms. The lowest BCUT2D eigenvalue weighted by Crippen LogP contribution is -2.18. The van der Waals surface area contributed by atoms with Crippen LogP contribution in [0.25, 0.3) is 10.8 Å². The highest BCUT2D eigenvalue weighted by atomic mass is 16.5. The Kier molecular flexibility index (Phi) is 3.61. The monoisotopic (exact) mass is 264 g/mol. The van der Waals surface area contributed by atoms with Gasteiger partial charge in [0.05, 0.1) is 0 Å². The van der Waals surface area contributed by atoms with Gasteiger partial charge in [-0.15, -0.1) is 0 Å². The standard InChI is InChI=1S/C17H16N2O/c18-11-17(15-6-3-9-19-12-15)20-16-8-7-13-4-1-2-5-14(13)10-16/h1-10,12,17H,11,18H2. The Hall–Kier alpha value is -2.39. The number of benzene rings is 2. The minimum atomic E-state index is -0.176. The molecular formula is C17H16N2O. The second-order valence-corrected chi connectivity index (χ2v) is 4.64. The minimum absolute atomic E-state index is 0.176. The third-order valence-corrected chi connectivity index (χ3v) is 3.27. The number of fused-ring (bicyclic) bond motifs is 1. The van der Waals surface area contributed by atoms with Gasteiger partial charge in [0.15, 0.2) is 0 Å². The molecule has 3 rings (SSSR count). The van der Waals surface area contributed by atoms with Crippen molar-refractivity contribution in [3.05, 3.63) is 72.6 Å². The van der Waals surface area contributed by atoms with E-state index in [4.69, 9.17) is 10.5 Å². The van der Waals surface area contributed by atoms with Gasteiger partial charge in [-0.25, -0.2) is 0 Å². The molecule has 2 N–H and O–H groups in total. The van der Waals surface area contributed by atoms with Gasteiger partial charge in [0.25, 0.3) is 0 Å². The number of hydrogen-bond donors (Lipinski definition) is 1. The Bertz CT molecular complexity index is 697. The summed E-state index contributed by atoms with van der Waals surface area (Å²) < 4.78 is 5.99. The number of nitrogens with two attached hydrogens (primary N) is 1. The highest BCUT2D eigenvalue weighted by molar-refractivity contribution is 5.83. The molecule has 0 aliphatic carbocycles. The van der Waals surface area contributed by atoms with Crippen LogP contribution in [0.3, 0.4) is 0 Å². The molecule has 3 heteroatoms. The summed E-state index contributed by atoms with van der Waals surface area (Å²) in [5, 5.41) is 2.36. The maximum absolute atomic E-state index is 5.99. The first kappa shape index (κ1) is 12.6. The number of pyridine rings is 1. The van der Waals surface area contributed by atoms with E-state index >= 15 is 0 Å². The van der Waals surface area contributed by atoms with E-state index < -0.39 is 0 Å². The van der Waals surface area contributed by atoms with Crippen molar-refractivity contribution in [3.8, 4) is 5.75 Å². The molecule has 0 radical (unpaired) electrons. The first-order valence-corrected chi connectivity index (χ1v) is 6.62. The van der Waals surface area contributed by atoms with Gasteiger partial charge in [-0.1, -0.05) is 36.4 Å². The second kappa shape index (κ2) is 5.72. The number of rotatable bonds is 4. The van der Waals surface area contributed by atoms with E-state index in [1.54, 1.807) is 12.4 Å². The van der Waals surface area contributed by atoms with Crippen LogP contribution < -0.4 is 10.5 Å². The zero-order valence-corrected chi connectivity index (χ0v) is 11.1. The van der Waals surface area contributed by atoms with E-state index in [1.165, 1.54) is 5.39 Å². The normalized spacial score (nSPS) is 12.2. The number of hydrogen-bond acceptors (Lipinski definition) is 3. The quantitative estimate of drug-likeness (QED) is 0.786. The third kappa shape index (κ3) is 2.63. The molecule has 0 fully saturated rings. The summed E-state index contributed by atoms with van der Waals surface area (Å²) in [6.45, 7) is 0.415. The van der Waals surface area contributed by atoms with Crippen molar-refractivity contribution in [2.45, 2.75) is 6.10 Å². The first-order valence-electron chi connectivity index (χ1n) is 6.62. The lowest BCUT2D eigenvalue weighted by atomic mass is 10.1. The van der Waals surface area contributed by atoms with Gasteiger partial charge >= 0.3 is 0 Å². The summed E-state index contributed by atoms with van der Waals surface area (Å²) in [5.74, 6) is 0.822. The molecular weight excluding hydrogens is 248 g/mol.